The van der Waals surface area contributed by atoms with Crippen LogP contribution in [0.1, 0.15) is 30.5 Å². The van der Waals surface area contributed by atoms with Crippen molar-refractivity contribution < 1.29 is 0 Å². The Morgan fingerprint density at radius 2 is 1.44 bits per heavy atom. The molecular weight excluding hydrogens is 240 g/mol. The molecule has 0 heterocycles. The molecule has 0 aliphatic rings. The molecule has 0 fully saturated rings. The summed E-state index contributed by atoms with van der Waals surface area (Å²) >= 11 is 5.67. The van der Waals surface area contributed by atoms with Crippen LogP contribution in [0, 0.1) is 6.92 Å². The summed E-state index contributed by atoms with van der Waals surface area (Å²) in [7, 11) is 0. The molecule has 0 bridgehead atoms. The van der Waals surface area contributed by atoms with Crippen LogP contribution >= 0.6 is 11.6 Å². The van der Waals surface area contributed by atoms with Gasteiger partial charge in [0.05, 0.1) is 0 Å². The van der Waals surface area contributed by atoms with E-state index in [0.29, 0.717) is 0 Å². The van der Waals surface area contributed by atoms with E-state index in [1.54, 1.807) is 0 Å². The monoisotopic (exact) mass is 260 g/mol. The number of hydrogen-bond donors (Lipinski definition) is 0. The molecule has 0 aromatic heterocycles. The highest BCUT2D eigenvalue weighted by Crippen LogP contribution is 2.09. The van der Waals surface area contributed by atoms with E-state index in [9.17, 15) is 0 Å². The number of rotatable bonds is 2. The number of hydrogen-bond acceptors (Lipinski definition) is 0. The highest BCUT2D eigenvalue weighted by Gasteiger charge is 1.86. The highest BCUT2D eigenvalue weighted by atomic mass is 35.5. The average Bonchev–Trinajstić information content (AvgIpc) is 2.40. The van der Waals surface area contributed by atoms with Crippen LogP contribution in [0.5, 0.6) is 0 Å². The molecule has 0 nitrogen and oxygen atoms in total. The second-order valence-electron chi connectivity index (χ2n) is 4.32. The normalized spacial score (nSPS) is 9.56. The van der Waals surface area contributed by atoms with Gasteiger partial charge in [-0.15, -0.1) is 0 Å². The van der Waals surface area contributed by atoms with Crippen LogP contribution in [-0.4, -0.2) is 0 Å². The van der Waals surface area contributed by atoms with Gasteiger partial charge in [0.25, 0.3) is 0 Å². The first-order chi connectivity index (χ1) is 8.65. The minimum Gasteiger partial charge on any atom is -0.0843 e. The lowest BCUT2D eigenvalue weighted by Gasteiger charge is -1.95. The maximum atomic E-state index is 5.67. The summed E-state index contributed by atoms with van der Waals surface area (Å²) in [6.45, 7) is 6.43. The van der Waals surface area contributed by atoms with Crippen molar-refractivity contribution in [3.63, 3.8) is 0 Å². The molecule has 0 N–H and O–H groups in total. The molecule has 0 amide bonds. The van der Waals surface area contributed by atoms with Gasteiger partial charge in [0, 0.05) is 5.02 Å². The van der Waals surface area contributed by atoms with Gasteiger partial charge in [-0.3, -0.25) is 0 Å². The SMILES string of the molecule is CCc1ccc(Cl)cc1.CCc1cccc(C)c1. The molecule has 0 aliphatic carbocycles. The summed E-state index contributed by atoms with van der Waals surface area (Å²) in [5.41, 5.74) is 4.11. The van der Waals surface area contributed by atoms with Crippen molar-refractivity contribution in [3.8, 4) is 0 Å². The van der Waals surface area contributed by atoms with Gasteiger partial charge in [-0.1, -0.05) is 67.4 Å². The predicted octanol–water partition coefficient (Wildman–Crippen LogP) is 5.46. The van der Waals surface area contributed by atoms with Crippen molar-refractivity contribution >= 4 is 11.6 Å². The molecule has 0 atom stereocenters. The van der Waals surface area contributed by atoms with Crippen molar-refractivity contribution in [3.05, 3.63) is 70.2 Å². The van der Waals surface area contributed by atoms with Gasteiger partial charge in [0.15, 0.2) is 0 Å². The highest BCUT2D eigenvalue weighted by molar-refractivity contribution is 6.30. The van der Waals surface area contributed by atoms with E-state index >= 15 is 0 Å². The van der Waals surface area contributed by atoms with E-state index in [-0.39, 0.29) is 0 Å². The van der Waals surface area contributed by atoms with E-state index in [1.807, 2.05) is 24.3 Å². The van der Waals surface area contributed by atoms with E-state index in [4.69, 9.17) is 11.6 Å². The third-order valence-corrected chi connectivity index (χ3v) is 3.06. The van der Waals surface area contributed by atoms with Crippen LogP contribution < -0.4 is 0 Å². The van der Waals surface area contributed by atoms with Gasteiger partial charge in [-0.2, -0.15) is 0 Å². The van der Waals surface area contributed by atoms with Crippen molar-refractivity contribution in [2.45, 2.75) is 33.6 Å². The Kier molecular flexibility index (Phi) is 6.53. The predicted molar refractivity (Wildman–Crippen MR) is 81.4 cm³/mol. The molecule has 0 spiro atoms. The second-order valence-corrected chi connectivity index (χ2v) is 4.76. The van der Waals surface area contributed by atoms with Gasteiger partial charge in [0.1, 0.15) is 0 Å². The molecular formula is C17H21Cl. The minimum atomic E-state index is 0.812. The fourth-order valence-electron chi connectivity index (χ4n) is 1.65. The average molecular weight is 261 g/mol. The van der Waals surface area contributed by atoms with Gasteiger partial charge < -0.3 is 0 Å². The molecule has 2 rings (SSSR count). The Labute approximate surface area is 116 Å². The minimum absolute atomic E-state index is 0.812. The number of benzene rings is 2. The summed E-state index contributed by atoms with van der Waals surface area (Å²) in [6, 6.07) is 16.5. The first-order valence-electron chi connectivity index (χ1n) is 6.45. The molecule has 0 aliphatic heterocycles. The fourth-order valence-corrected chi connectivity index (χ4v) is 1.78. The molecule has 1 heteroatoms. The van der Waals surface area contributed by atoms with Gasteiger partial charge >= 0.3 is 0 Å². The summed E-state index contributed by atoms with van der Waals surface area (Å²) in [4.78, 5) is 0. The van der Waals surface area contributed by atoms with E-state index in [2.05, 4.69) is 45.0 Å². The van der Waals surface area contributed by atoms with Crippen molar-refractivity contribution in [2.75, 3.05) is 0 Å². The number of aryl methyl sites for hydroxylation is 3. The quantitative estimate of drug-likeness (QED) is 0.673. The third-order valence-electron chi connectivity index (χ3n) is 2.81. The van der Waals surface area contributed by atoms with Crippen LogP contribution in [0.3, 0.4) is 0 Å². The van der Waals surface area contributed by atoms with Crippen molar-refractivity contribution in [1.29, 1.82) is 0 Å². The van der Waals surface area contributed by atoms with Crippen molar-refractivity contribution in [1.82, 2.24) is 0 Å². The lowest BCUT2D eigenvalue weighted by atomic mass is 10.1. The Balaban J connectivity index is 0.000000180. The second kappa shape index (κ2) is 7.94. The first kappa shape index (κ1) is 14.8. The fraction of sp³-hybridized carbons (Fsp3) is 0.294. The lowest BCUT2D eigenvalue weighted by molar-refractivity contribution is 1.13. The van der Waals surface area contributed by atoms with Crippen LogP contribution in [0.2, 0.25) is 5.02 Å². The van der Waals surface area contributed by atoms with Crippen LogP contribution in [0.4, 0.5) is 0 Å². The Bertz CT molecular complexity index is 457. The zero-order chi connectivity index (χ0) is 13.4. The van der Waals surface area contributed by atoms with Gasteiger partial charge in [0.2, 0.25) is 0 Å². The molecule has 0 saturated carbocycles. The maximum Gasteiger partial charge on any atom is 0.0406 e. The molecule has 0 radical (unpaired) electrons. The van der Waals surface area contributed by atoms with Crippen molar-refractivity contribution in [2.24, 2.45) is 0 Å². The van der Waals surface area contributed by atoms with Crippen LogP contribution in [0.15, 0.2) is 48.5 Å². The van der Waals surface area contributed by atoms with Gasteiger partial charge in [-0.05, 0) is 43.0 Å². The summed E-state index contributed by atoms with van der Waals surface area (Å²) < 4.78 is 0. The zero-order valence-corrected chi connectivity index (χ0v) is 12.2. The Morgan fingerprint density at radius 1 is 0.833 bits per heavy atom. The molecule has 18 heavy (non-hydrogen) atoms. The lowest BCUT2D eigenvalue weighted by Crippen LogP contribution is -1.78. The third kappa shape index (κ3) is 5.37. The van der Waals surface area contributed by atoms with Crippen LogP contribution in [0.25, 0.3) is 0 Å². The van der Waals surface area contributed by atoms with E-state index < -0.39 is 0 Å². The van der Waals surface area contributed by atoms with E-state index in [0.717, 1.165) is 17.9 Å². The molecule has 0 unspecified atom stereocenters. The largest absolute Gasteiger partial charge is 0.0843 e. The molecule has 0 saturated heterocycles. The number of halogens is 1. The summed E-state index contributed by atoms with van der Waals surface area (Å²) in [6.07, 6.45) is 2.22. The smallest absolute Gasteiger partial charge is 0.0406 e. The standard InChI is InChI=1S/C9H12.C8H9Cl/c1-3-9-6-4-5-8(2)7-9;1-2-7-3-5-8(9)6-4-7/h4-7H,3H2,1-2H3;3-6H,2H2,1H3. The van der Waals surface area contributed by atoms with E-state index in [1.165, 1.54) is 16.7 Å². The van der Waals surface area contributed by atoms with Gasteiger partial charge in [-0.25, -0.2) is 0 Å². The first-order valence-corrected chi connectivity index (χ1v) is 6.83. The molecule has 2 aromatic rings. The molecule has 96 valence electrons. The topological polar surface area (TPSA) is 0 Å². The summed E-state index contributed by atoms with van der Waals surface area (Å²) in [5, 5.41) is 0.812. The zero-order valence-electron chi connectivity index (χ0n) is 11.4. The van der Waals surface area contributed by atoms with Crippen LogP contribution in [-0.2, 0) is 12.8 Å². The molecule has 2 aromatic carbocycles. The maximum absolute atomic E-state index is 5.67. The summed E-state index contributed by atoms with van der Waals surface area (Å²) in [5.74, 6) is 0. The Hall–Kier alpha value is -1.27. The Morgan fingerprint density at radius 3 is 1.89 bits per heavy atom.